The second-order valence-electron chi connectivity index (χ2n) is 3.65. The van der Waals surface area contributed by atoms with Gasteiger partial charge in [-0.05, 0) is 13.8 Å². The van der Waals surface area contributed by atoms with Crippen LogP contribution in [0.4, 0.5) is 0 Å². The molecule has 2 aliphatic heterocycles. The molecule has 0 bridgehead atoms. The van der Waals surface area contributed by atoms with E-state index in [1.165, 1.54) is 0 Å². The molecule has 1 unspecified atom stereocenters. The molecule has 0 aromatic rings. The summed E-state index contributed by atoms with van der Waals surface area (Å²) in [4.78, 5) is 11.3. The summed E-state index contributed by atoms with van der Waals surface area (Å²) in [7, 11) is 0. The predicted molar refractivity (Wildman–Crippen MR) is 52.6 cm³/mol. The van der Waals surface area contributed by atoms with Crippen LogP contribution in [-0.4, -0.2) is 34.5 Å². The summed E-state index contributed by atoms with van der Waals surface area (Å²) < 4.78 is 16.8. The van der Waals surface area contributed by atoms with E-state index in [9.17, 15) is 4.79 Å². The Hall–Kier alpha value is 0.120. The minimum Gasteiger partial charge on any atom is -0.457 e. The Balaban J connectivity index is 2.17. The van der Waals surface area contributed by atoms with Crippen molar-refractivity contribution in [1.82, 2.24) is 0 Å². The van der Waals surface area contributed by atoms with Crippen molar-refractivity contribution in [2.45, 2.75) is 37.9 Å². The van der Waals surface area contributed by atoms with Gasteiger partial charge in [-0.25, -0.2) is 4.79 Å². The quantitative estimate of drug-likeness (QED) is 0.409. The van der Waals surface area contributed by atoms with Gasteiger partial charge in [0.1, 0.15) is 12.2 Å². The minimum absolute atomic E-state index is 0.153. The lowest BCUT2D eigenvalue weighted by atomic mass is 10.2. The molecule has 13 heavy (non-hydrogen) atoms. The smallest absolute Gasteiger partial charge is 0.338 e. The standard InChI is InChI=1S/C8H11IO4/c1-8(2)12-5-4(3-9)11-7(10)6(5)13-8/h4-6H,3H2,1-2H3/t4?,5-,6-/m1/s1. The molecule has 2 saturated heterocycles. The molecule has 0 aromatic carbocycles. The van der Waals surface area contributed by atoms with E-state index in [-0.39, 0.29) is 18.2 Å². The first-order chi connectivity index (χ1) is 6.03. The lowest BCUT2D eigenvalue weighted by Crippen LogP contribution is -2.30. The average molecular weight is 298 g/mol. The fourth-order valence-electron chi connectivity index (χ4n) is 1.65. The Morgan fingerprint density at radius 1 is 1.46 bits per heavy atom. The van der Waals surface area contributed by atoms with E-state index in [0.717, 1.165) is 4.43 Å². The normalized spacial score (nSPS) is 41.8. The number of fused-ring (bicyclic) bond motifs is 1. The maximum atomic E-state index is 11.3. The zero-order valence-corrected chi connectivity index (χ0v) is 9.61. The maximum absolute atomic E-state index is 11.3. The van der Waals surface area contributed by atoms with Crippen LogP contribution in [0.1, 0.15) is 13.8 Å². The van der Waals surface area contributed by atoms with E-state index in [1.807, 2.05) is 13.8 Å². The van der Waals surface area contributed by atoms with E-state index < -0.39 is 11.9 Å². The van der Waals surface area contributed by atoms with Crippen LogP contribution in [0.15, 0.2) is 0 Å². The molecule has 74 valence electrons. The molecule has 0 radical (unpaired) electrons. The van der Waals surface area contributed by atoms with Crippen molar-refractivity contribution in [2.24, 2.45) is 0 Å². The summed E-state index contributed by atoms with van der Waals surface area (Å²) in [5.74, 6) is -0.948. The van der Waals surface area contributed by atoms with Crippen molar-refractivity contribution in [1.29, 1.82) is 0 Å². The topological polar surface area (TPSA) is 44.8 Å². The van der Waals surface area contributed by atoms with E-state index in [4.69, 9.17) is 14.2 Å². The Morgan fingerprint density at radius 3 is 2.77 bits per heavy atom. The lowest BCUT2D eigenvalue weighted by molar-refractivity contribution is -0.184. The second kappa shape index (κ2) is 3.06. The number of esters is 1. The molecule has 0 amide bonds. The number of carbonyl (C=O) groups excluding carboxylic acids is 1. The summed E-state index contributed by atoms with van der Waals surface area (Å²) in [6.45, 7) is 3.62. The SMILES string of the molecule is CC1(C)O[C@@H]2C(CI)OC(=O)[C@@H]2O1. The number of rotatable bonds is 1. The predicted octanol–water partition coefficient (Wildman–Crippen LogP) is 0.867. The van der Waals surface area contributed by atoms with Gasteiger partial charge in [0.15, 0.2) is 11.9 Å². The van der Waals surface area contributed by atoms with Crippen LogP contribution in [-0.2, 0) is 19.0 Å². The Labute approximate surface area is 90.0 Å². The van der Waals surface area contributed by atoms with Crippen LogP contribution in [0.3, 0.4) is 0 Å². The van der Waals surface area contributed by atoms with Gasteiger partial charge >= 0.3 is 5.97 Å². The van der Waals surface area contributed by atoms with Crippen molar-refractivity contribution in [3.05, 3.63) is 0 Å². The van der Waals surface area contributed by atoms with Gasteiger partial charge in [-0.15, -0.1) is 0 Å². The molecule has 5 heteroatoms. The molecule has 2 rings (SSSR count). The Bertz CT molecular complexity index is 240. The van der Waals surface area contributed by atoms with Crippen LogP contribution < -0.4 is 0 Å². The fraction of sp³-hybridized carbons (Fsp3) is 0.875. The van der Waals surface area contributed by atoms with Crippen LogP contribution >= 0.6 is 22.6 Å². The highest BCUT2D eigenvalue weighted by Crippen LogP contribution is 2.36. The third-order valence-corrected chi connectivity index (χ3v) is 3.02. The van der Waals surface area contributed by atoms with Gasteiger partial charge in [0.25, 0.3) is 0 Å². The van der Waals surface area contributed by atoms with Crippen molar-refractivity contribution in [3.8, 4) is 0 Å². The van der Waals surface area contributed by atoms with Gasteiger partial charge < -0.3 is 14.2 Å². The third kappa shape index (κ3) is 1.57. The number of halogens is 1. The number of hydrogen-bond acceptors (Lipinski definition) is 4. The molecule has 2 aliphatic rings. The highest BCUT2D eigenvalue weighted by Gasteiger charge is 2.55. The van der Waals surface area contributed by atoms with Crippen molar-refractivity contribution in [2.75, 3.05) is 4.43 Å². The zero-order chi connectivity index (χ0) is 9.64. The molecule has 0 spiro atoms. The summed E-state index contributed by atoms with van der Waals surface area (Å²) in [6.07, 6.45) is -0.894. The number of ether oxygens (including phenoxy) is 3. The average Bonchev–Trinajstić information content (AvgIpc) is 2.47. The lowest BCUT2D eigenvalue weighted by Gasteiger charge is -2.20. The number of cyclic esters (lactones) is 1. The van der Waals surface area contributed by atoms with Gasteiger partial charge in [0.05, 0.1) is 0 Å². The second-order valence-corrected chi connectivity index (χ2v) is 4.53. The van der Waals surface area contributed by atoms with E-state index in [2.05, 4.69) is 22.6 Å². The summed E-state index contributed by atoms with van der Waals surface area (Å²) in [5, 5.41) is 0. The van der Waals surface area contributed by atoms with Crippen LogP contribution in [0, 0.1) is 0 Å². The van der Waals surface area contributed by atoms with Crippen molar-refractivity contribution in [3.63, 3.8) is 0 Å². The van der Waals surface area contributed by atoms with Gasteiger partial charge in [-0.3, -0.25) is 0 Å². The highest BCUT2D eigenvalue weighted by atomic mass is 127. The molecular weight excluding hydrogens is 287 g/mol. The number of alkyl halides is 1. The molecule has 2 fully saturated rings. The Morgan fingerprint density at radius 2 is 2.15 bits per heavy atom. The monoisotopic (exact) mass is 298 g/mol. The van der Waals surface area contributed by atoms with Crippen LogP contribution in [0.25, 0.3) is 0 Å². The molecule has 3 atom stereocenters. The van der Waals surface area contributed by atoms with E-state index in [1.54, 1.807) is 0 Å². The summed E-state index contributed by atoms with van der Waals surface area (Å²) >= 11 is 2.17. The van der Waals surface area contributed by atoms with Crippen LogP contribution in [0.5, 0.6) is 0 Å². The van der Waals surface area contributed by atoms with Crippen molar-refractivity contribution < 1.29 is 19.0 Å². The minimum atomic E-state index is -0.654. The van der Waals surface area contributed by atoms with Crippen LogP contribution in [0.2, 0.25) is 0 Å². The molecule has 0 aliphatic carbocycles. The fourth-order valence-corrected chi connectivity index (χ4v) is 2.33. The molecule has 4 nitrogen and oxygen atoms in total. The molecule has 0 saturated carbocycles. The van der Waals surface area contributed by atoms with Crippen molar-refractivity contribution >= 4 is 28.6 Å². The third-order valence-electron chi connectivity index (χ3n) is 2.15. The van der Waals surface area contributed by atoms with Gasteiger partial charge in [0, 0.05) is 4.43 Å². The highest BCUT2D eigenvalue weighted by molar-refractivity contribution is 14.1. The molecular formula is C8H11IO4. The molecule has 2 heterocycles. The summed E-state index contributed by atoms with van der Waals surface area (Å²) in [5.41, 5.74) is 0. The largest absolute Gasteiger partial charge is 0.457 e. The summed E-state index contributed by atoms with van der Waals surface area (Å²) in [6, 6.07) is 0. The number of carbonyl (C=O) groups is 1. The molecule has 0 aromatic heterocycles. The first-order valence-corrected chi connectivity index (χ1v) is 5.68. The first-order valence-electron chi connectivity index (χ1n) is 4.15. The maximum Gasteiger partial charge on any atom is 0.338 e. The van der Waals surface area contributed by atoms with E-state index in [0.29, 0.717) is 0 Å². The van der Waals surface area contributed by atoms with E-state index >= 15 is 0 Å². The van der Waals surface area contributed by atoms with Gasteiger partial charge in [-0.1, -0.05) is 22.6 Å². The molecule has 0 N–H and O–H groups in total. The first kappa shape index (κ1) is 9.67. The zero-order valence-electron chi connectivity index (χ0n) is 7.45. The Kier molecular flexibility index (Phi) is 2.28. The number of hydrogen-bond donors (Lipinski definition) is 0. The van der Waals surface area contributed by atoms with Gasteiger partial charge in [0.2, 0.25) is 0 Å². The van der Waals surface area contributed by atoms with Gasteiger partial charge in [-0.2, -0.15) is 0 Å².